The zero-order chi connectivity index (χ0) is 24.0. The maximum absolute atomic E-state index is 12.5. The summed E-state index contributed by atoms with van der Waals surface area (Å²) < 4.78 is 7.18. The number of hydrazone groups is 1. The van der Waals surface area contributed by atoms with E-state index in [4.69, 9.17) is 16.3 Å². The molecule has 0 radical (unpaired) electrons. The van der Waals surface area contributed by atoms with Crippen molar-refractivity contribution in [2.24, 2.45) is 5.10 Å². The molecule has 0 heterocycles. The summed E-state index contributed by atoms with van der Waals surface area (Å²) in [4.78, 5) is 24.7. The number of amides is 2. The lowest BCUT2D eigenvalue weighted by atomic mass is 10.1. The van der Waals surface area contributed by atoms with Gasteiger partial charge in [0.15, 0.2) is 6.61 Å². The molecule has 0 aliphatic carbocycles. The molecule has 0 aromatic heterocycles. The van der Waals surface area contributed by atoms with Crippen molar-refractivity contribution in [3.05, 3.63) is 90.8 Å². The molecule has 0 aliphatic rings. The Labute approximate surface area is 213 Å². The van der Waals surface area contributed by atoms with Crippen molar-refractivity contribution in [2.75, 3.05) is 11.9 Å². The first-order chi connectivity index (χ1) is 15.7. The van der Waals surface area contributed by atoms with Gasteiger partial charge >= 0.3 is 0 Å². The van der Waals surface area contributed by atoms with E-state index in [1.165, 1.54) is 6.21 Å². The smallest absolute Gasteiger partial charge is 0.271 e. The highest BCUT2D eigenvalue weighted by Gasteiger charge is 2.13. The molecular formula is C24H20Br2ClN3O3. The molecule has 0 bridgehead atoms. The summed E-state index contributed by atoms with van der Waals surface area (Å²) in [6.45, 7) is 3.73. The van der Waals surface area contributed by atoms with Crippen LogP contribution in [0.5, 0.6) is 5.75 Å². The molecular weight excluding hydrogens is 574 g/mol. The number of nitrogens with zero attached hydrogens (tertiary/aromatic N) is 1. The third kappa shape index (κ3) is 6.90. The zero-order valence-electron chi connectivity index (χ0n) is 17.8. The van der Waals surface area contributed by atoms with Crippen LogP contribution in [0.3, 0.4) is 0 Å². The second-order valence-electron chi connectivity index (χ2n) is 7.10. The molecule has 0 unspecified atom stereocenters. The lowest BCUT2D eigenvalue weighted by Crippen LogP contribution is -2.21. The molecule has 3 aromatic rings. The van der Waals surface area contributed by atoms with Gasteiger partial charge in [0.2, 0.25) is 0 Å². The van der Waals surface area contributed by atoms with E-state index in [2.05, 4.69) is 47.7 Å². The summed E-state index contributed by atoms with van der Waals surface area (Å²) in [5.41, 5.74) is 6.28. The first-order valence-electron chi connectivity index (χ1n) is 9.81. The number of carbonyl (C=O) groups is 2. The van der Waals surface area contributed by atoms with Crippen molar-refractivity contribution in [3.8, 4) is 5.75 Å². The van der Waals surface area contributed by atoms with Gasteiger partial charge in [-0.15, -0.1) is 0 Å². The van der Waals surface area contributed by atoms with Crippen molar-refractivity contribution < 1.29 is 14.3 Å². The van der Waals surface area contributed by atoms with Crippen LogP contribution in [0, 0.1) is 13.8 Å². The van der Waals surface area contributed by atoms with Gasteiger partial charge in [0.05, 0.1) is 10.7 Å². The molecule has 0 saturated heterocycles. The highest BCUT2D eigenvalue weighted by atomic mass is 79.9. The van der Waals surface area contributed by atoms with Gasteiger partial charge in [-0.05, 0) is 83.4 Å². The largest absolute Gasteiger partial charge is 0.482 e. The van der Waals surface area contributed by atoms with E-state index in [0.717, 1.165) is 21.3 Å². The SMILES string of the molecule is Cc1cccc(NC(=O)COc2c(Br)cc(Br)cc2/C=N/NC(=O)c2ccc(Cl)cc2)c1C. The molecule has 0 saturated carbocycles. The fourth-order valence-electron chi connectivity index (χ4n) is 2.87. The van der Waals surface area contributed by atoms with E-state index < -0.39 is 0 Å². The van der Waals surface area contributed by atoms with Crippen molar-refractivity contribution in [2.45, 2.75) is 13.8 Å². The minimum atomic E-state index is -0.382. The number of anilines is 1. The van der Waals surface area contributed by atoms with Gasteiger partial charge in [0.1, 0.15) is 5.75 Å². The Morgan fingerprint density at radius 2 is 1.82 bits per heavy atom. The fraction of sp³-hybridized carbons (Fsp3) is 0.125. The topological polar surface area (TPSA) is 79.8 Å². The Bertz CT molecular complexity index is 1210. The van der Waals surface area contributed by atoms with Crippen LogP contribution < -0.4 is 15.5 Å². The van der Waals surface area contributed by atoms with E-state index in [9.17, 15) is 9.59 Å². The molecule has 33 heavy (non-hydrogen) atoms. The van der Waals surface area contributed by atoms with Crippen LogP contribution in [0.4, 0.5) is 5.69 Å². The molecule has 170 valence electrons. The summed E-state index contributed by atoms with van der Waals surface area (Å²) in [5.74, 6) is -0.261. The van der Waals surface area contributed by atoms with E-state index in [-0.39, 0.29) is 18.4 Å². The van der Waals surface area contributed by atoms with Gasteiger partial charge in [-0.25, -0.2) is 5.43 Å². The molecule has 0 aliphatic heterocycles. The molecule has 3 aromatic carbocycles. The van der Waals surface area contributed by atoms with E-state index in [1.54, 1.807) is 36.4 Å². The predicted molar refractivity (Wildman–Crippen MR) is 138 cm³/mol. The lowest BCUT2D eigenvalue weighted by Gasteiger charge is -2.13. The number of carbonyl (C=O) groups excluding carboxylic acids is 2. The molecule has 0 fully saturated rings. The summed E-state index contributed by atoms with van der Waals surface area (Å²) in [5, 5.41) is 7.42. The average Bonchev–Trinajstić information content (AvgIpc) is 2.76. The molecule has 2 amide bonds. The van der Waals surface area contributed by atoms with E-state index in [1.807, 2.05) is 32.0 Å². The summed E-state index contributed by atoms with van der Waals surface area (Å²) >= 11 is 12.7. The van der Waals surface area contributed by atoms with Gasteiger partial charge in [0, 0.05) is 26.3 Å². The maximum Gasteiger partial charge on any atom is 0.271 e. The van der Waals surface area contributed by atoms with Gasteiger partial charge in [0.25, 0.3) is 11.8 Å². The number of halogens is 3. The monoisotopic (exact) mass is 591 g/mol. The van der Waals surface area contributed by atoms with E-state index in [0.29, 0.717) is 26.4 Å². The standard InChI is InChI=1S/C24H20Br2ClN3O3/c1-14-4-3-5-21(15(14)2)29-22(31)13-33-23-17(10-18(25)11-20(23)26)12-28-30-24(32)16-6-8-19(27)9-7-16/h3-12H,13H2,1-2H3,(H,29,31)(H,30,32)/b28-12+. The Hall–Kier alpha value is -2.68. The molecule has 0 spiro atoms. The molecule has 0 atom stereocenters. The van der Waals surface area contributed by atoms with Crippen LogP contribution in [-0.4, -0.2) is 24.6 Å². The van der Waals surface area contributed by atoms with Gasteiger partial charge in [-0.1, -0.05) is 39.7 Å². The highest BCUT2D eigenvalue weighted by Crippen LogP contribution is 2.32. The van der Waals surface area contributed by atoms with Crippen molar-refractivity contribution in [1.29, 1.82) is 0 Å². The van der Waals surface area contributed by atoms with Crippen LogP contribution in [-0.2, 0) is 4.79 Å². The normalized spacial score (nSPS) is 10.8. The number of aryl methyl sites for hydroxylation is 1. The summed E-state index contributed by atoms with van der Waals surface area (Å²) in [6.07, 6.45) is 1.45. The number of hydrogen-bond acceptors (Lipinski definition) is 4. The molecule has 9 heteroatoms. The Balaban J connectivity index is 1.69. The molecule has 6 nitrogen and oxygen atoms in total. The number of rotatable bonds is 7. The minimum Gasteiger partial charge on any atom is -0.482 e. The highest BCUT2D eigenvalue weighted by molar-refractivity contribution is 9.11. The molecule has 2 N–H and O–H groups in total. The van der Waals surface area contributed by atoms with Gasteiger partial charge in [-0.3, -0.25) is 9.59 Å². The third-order valence-corrected chi connectivity index (χ3v) is 6.04. The van der Waals surface area contributed by atoms with Crippen LogP contribution >= 0.6 is 43.5 Å². The summed E-state index contributed by atoms with van der Waals surface area (Å²) in [7, 11) is 0. The lowest BCUT2D eigenvalue weighted by molar-refractivity contribution is -0.118. The predicted octanol–water partition coefficient (Wildman–Crippen LogP) is 6.26. The Morgan fingerprint density at radius 3 is 2.55 bits per heavy atom. The van der Waals surface area contributed by atoms with Crippen LogP contribution in [0.25, 0.3) is 0 Å². The number of nitrogens with one attached hydrogen (secondary N) is 2. The zero-order valence-corrected chi connectivity index (χ0v) is 21.7. The average molecular weight is 594 g/mol. The van der Waals surface area contributed by atoms with Crippen molar-refractivity contribution in [1.82, 2.24) is 5.43 Å². The number of benzene rings is 3. The maximum atomic E-state index is 12.5. The summed E-state index contributed by atoms with van der Waals surface area (Å²) in [6, 6.07) is 15.7. The quantitative estimate of drug-likeness (QED) is 0.251. The third-order valence-electron chi connectivity index (χ3n) is 4.74. The first kappa shape index (κ1) is 25.0. The fourth-order valence-corrected chi connectivity index (χ4v) is 4.36. The second-order valence-corrected chi connectivity index (χ2v) is 9.30. The van der Waals surface area contributed by atoms with Crippen LogP contribution in [0.15, 0.2) is 68.6 Å². The first-order valence-corrected chi connectivity index (χ1v) is 11.8. The van der Waals surface area contributed by atoms with Crippen LogP contribution in [0.1, 0.15) is 27.0 Å². The van der Waals surface area contributed by atoms with Gasteiger partial charge in [-0.2, -0.15) is 5.10 Å². The van der Waals surface area contributed by atoms with Gasteiger partial charge < -0.3 is 10.1 Å². The minimum absolute atomic E-state index is 0.203. The van der Waals surface area contributed by atoms with E-state index >= 15 is 0 Å². The van der Waals surface area contributed by atoms with Crippen LogP contribution in [0.2, 0.25) is 5.02 Å². The Kier molecular flexibility index (Phi) is 8.66. The van der Waals surface area contributed by atoms with Crippen molar-refractivity contribution >= 4 is 67.2 Å². The van der Waals surface area contributed by atoms with Crippen molar-refractivity contribution in [3.63, 3.8) is 0 Å². The number of ether oxygens (including phenoxy) is 1. The molecule has 3 rings (SSSR count). The second kappa shape index (κ2) is 11.4. The Morgan fingerprint density at radius 1 is 1.09 bits per heavy atom. The number of hydrogen-bond donors (Lipinski definition) is 2.